The molecule has 1 unspecified atom stereocenters. The Hall–Kier alpha value is -1.55. The van der Waals surface area contributed by atoms with Crippen molar-refractivity contribution in [3.8, 4) is 0 Å². The van der Waals surface area contributed by atoms with Crippen molar-refractivity contribution in [2.75, 3.05) is 13.1 Å². The molecule has 17 heavy (non-hydrogen) atoms. The minimum atomic E-state index is -0.347. The summed E-state index contributed by atoms with van der Waals surface area (Å²) in [6, 6.07) is 9.67. The molecule has 1 amide bonds. The van der Waals surface area contributed by atoms with Gasteiger partial charge in [0.05, 0.1) is 5.54 Å². The largest absolute Gasteiger partial charge is 0.445 e. The molecule has 1 saturated heterocycles. The van der Waals surface area contributed by atoms with Gasteiger partial charge in [-0.25, -0.2) is 4.79 Å². The van der Waals surface area contributed by atoms with Gasteiger partial charge in [0.2, 0.25) is 0 Å². The molecule has 0 radical (unpaired) electrons. The van der Waals surface area contributed by atoms with Crippen molar-refractivity contribution in [2.45, 2.75) is 25.5 Å². The first kappa shape index (κ1) is 11.9. The number of alkyl carbamates (subject to hydrolysis) is 1. The maximum Gasteiger partial charge on any atom is 0.407 e. The van der Waals surface area contributed by atoms with E-state index in [9.17, 15) is 4.79 Å². The average Bonchev–Trinajstić information content (AvgIpc) is 2.74. The Morgan fingerprint density at radius 3 is 2.88 bits per heavy atom. The van der Waals surface area contributed by atoms with Gasteiger partial charge in [0.25, 0.3) is 0 Å². The predicted molar refractivity (Wildman–Crippen MR) is 65.7 cm³/mol. The average molecular weight is 234 g/mol. The quantitative estimate of drug-likeness (QED) is 0.836. The van der Waals surface area contributed by atoms with Crippen LogP contribution in [0.1, 0.15) is 18.9 Å². The zero-order valence-electron chi connectivity index (χ0n) is 10.0. The first-order valence-electron chi connectivity index (χ1n) is 5.88. The lowest BCUT2D eigenvalue weighted by Gasteiger charge is -2.23. The SMILES string of the molecule is CC1(NC(=O)OCc2ccccc2)CCNC1. The number of hydrogen-bond donors (Lipinski definition) is 2. The number of nitrogens with one attached hydrogen (secondary N) is 2. The third-order valence-electron chi connectivity index (χ3n) is 2.99. The number of carbonyl (C=O) groups excluding carboxylic acids is 1. The van der Waals surface area contributed by atoms with Gasteiger partial charge >= 0.3 is 6.09 Å². The van der Waals surface area contributed by atoms with Crippen LogP contribution in [0.5, 0.6) is 0 Å². The van der Waals surface area contributed by atoms with E-state index in [1.54, 1.807) is 0 Å². The zero-order chi connectivity index (χ0) is 12.1. The van der Waals surface area contributed by atoms with Gasteiger partial charge in [-0.1, -0.05) is 30.3 Å². The van der Waals surface area contributed by atoms with E-state index in [1.807, 2.05) is 37.3 Å². The molecule has 92 valence electrons. The lowest BCUT2D eigenvalue weighted by atomic mass is 10.0. The van der Waals surface area contributed by atoms with Gasteiger partial charge in [-0.05, 0) is 25.5 Å². The summed E-state index contributed by atoms with van der Waals surface area (Å²) >= 11 is 0. The molecular weight excluding hydrogens is 216 g/mol. The summed E-state index contributed by atoms with van der Waals surface area (Å²) in [5, 5.41) is 6.12. The summed E-state index contributed by atoms with van der Waals surface area (Å²) < 4.78 is 5.18. The van der Waals surface area contributed by atoms with E-state index in [0.717, 1.165) is 25.1 Å². The highest BCUT2D eigenvalue weighted by atomic mass is 16.5. The van der Waals surface area contributed by atoms with Crippen molar-refractivity contribution >= 4 is 6.09 Å². The fraction of sp³-hybridized carbons (Fsp3) is 0.462. The number of rotatable bonds is 3. The number of hydrogen-bond acceptors (Lipinski definition) is 3. The monoisotopic (exact) mass is 234 g/mol. The van der Waals surface area contributed by atoms with Crippen molar-refractivity contribution in [1.29, 1.82) is 0 Å². The molecule has 4 heteroatoms. The van der Waals surface area contributed by atoms with Gasteiger partial charge < -0.3 is 15.4 Å². The lowest BCUT2D eigenvalue weighted by molar-refractivity contribution is 0.129. The van der Waals surface area contributed by atoms with Crippen LogP contribution in [0.2, 0.25) is 0 Å². The van der Waals surface area contributed by atoms with Crippen molar-refractivity contribution in [1.82, 2.24) is 10.6 Å². The van der Waals surface area contributed by atoms with Crippen LogP contribution in [0.15, 0.2) is 30.3 Å². The summed E-state index contributed by atoms with van der Waals surface area (Å²) in [5.41, 5.74) is 0.825. The van der Waals surface area contributed by atoms with Crippen molar-refractivity contribution in [3.63, 3.8) is 0 Å². The third-order valence-corrected chi connectivity index (χ3v) is 2.99. The normalized spacial score (nSPS) is 23.4. The van der Waals surface area contributed by atoms with Crippen LogP contribution in [0.25, 0.3) is 0 Å². The molecule has 2 N–H and O–H groups in total. The number of carbonyl (C=O) groups is 1. The zero-order valence-corrected chi connectivity index (χ0v) is 10.0. The first-order chi connectivity index (χ1) is 8.18. The smallest absolute Gasteiger partial charge is 0.407 e. The molecule has 1 aromatic rings. The molecule has 0 bridgehead atoms. The van der Waals surface area contributed by atoms with E-state index in [2.05, 4.69) is 10.6 Å². The summed E-state index contributed by atoms with van der Waals surface area (Å²) in [7, 11) is 0. The third kappa shape index (κ3) is 3.46. The van der Waals surface area contributed by atoms with Crippen LogP contribution in [0.4, 0.5) is 4.79 Å². The topological polar surface area (TPSA) is 50.4 Å². The number of benzene rings is 1. The molecule has 1 fully saturated rings. The van der Waals surface area contributed by atoms with Gasteiger partial charge in [0.1, 0.15) is 6.61 Å². The second kappa shape index (κ2) is 5.19. The van der Waals surface area contributed by atoms with Crippen LogP contribution < -0.4 is 10.6 Å². The molecule has 4 nitrogen and oxygen atoms in total. The van der Waals surface area contributed by atoms with Crippen LogP contribution in [-0.4, -0.2) is 24.7 Å². The Kier molecular flexibility index (Phi) is 3.64. The van der Waals surface area contributed by atoms with Crippen molar-refractivity contribution in [3.05, 3.63) is 35.9 Å². The Balaban J connectivity index is 1.78. The van der Waals surface area contributed by atoms with Gasteiger partial charge in [0, 0.05) is 6.54 Å². The molecule has 0 spiro atoms. The molecule has 1 aliphatic heterocycles. The Morgan fingerprint density at radius 1 is 1.47 bits per heavy atom. The molecule has 0 aromatic heterocycles. The summed E-state index contributed by atoms with van der Waals surface area (Å²) in [4.78, 5) is 11.6. The van der Waals surface area contributed by atoms with E-state index in [0.29, 0.717) is 6.61 Å². The van der Waals surface area contributed by atoms with Gasteiger partial charge in [-0.2, -0.15) is 0 Å². The molecule has 0 saturated carbocycles. The van der Waals surface area contributed by atoms with Crippen molar-refractivity contribution < 1.29 is 9.53 Å². The van der Waals surface area contributed by atoms with E-state index in [1.165, 1.54) is 0 Å². The molecule has 1 aromatic carbocycles. The molecular formula is C13H18N2O2. The maximum absolute atomic E-state index is 11.6. The van der Waals surface area contributed by atoms with Crippen LogP contribution in [0, 0.1) is 0 Å². The lowest BCUT2D eigenvalue weighted by Crippen LogP contribution is -2.47. The van der Waals surface area contributed by atoms with Crippen LogP contribution in [0.3, 0.4) is 0 Å². The number of amides is 1. The molecule has 2 rings (SSSR count). The van der Waals surface area contributed by atoms with Gasteiger partial charge in [-0.3, -0.25) is 0 Å². The molecule has 1 heterocycles. The fourth-order valence-electron chi connectivity index (χ4n) is 1.93. The van der Waals surface area contributed by atoms with E-state index >= 15 is 0 Å². The van der Waals surface area contributed by atoms with E-state index in [-0.39, 0.29) is 11.6 Å². The standard InChI is InChI=1S/C13H18N2O2/c1-13(7-8-14-10-13)15-12(16)17-9-11-5-3-2-4-6-11/h2-6,14H,7-10H2,1H3,(H,15,16). The second-order valence-electron chi connectivity index (χ2n) is 4.67. The fourth-order valence-corrected chi connectivity index (χ4v) is 1.93. The Labute approximate surface area is 101 Å². The number of ether oxygens (including phenoxy) is 1. The van der Waals surface area contributed by atoms with Gasteiger partial charge in [-0.15, -0.1) is 0 Å². The Morgan fingerprint density at radius 2 is 2.24 bits per heavy atom. The van der Waals surface area contributed by atoms with Gasteiger partial charge in [0.15, 0.2) is 0 Å². The first-order valence-corrected chi connectivity index (χ1v) is 5.88. The Bertz CT molecular complexity index is 372. The van der Waals surface area contributed by atoms with E-state index in [4.69, 9.17) is 4.74 Å². The second-order valence-corrected chi connectivity index (χ2v) is 4.67. The summed E-state index contributed by atoms with van der Waals surface area (Å²) in [5.74, 6) is 0. The van der Waals surface area contributed by atoms with E-state index < -0.39 is 0 Å². The summed E-state index contributed by atoms with van der Waals surface area (Å²) in [6.45, 7) is 4.08. The molecule has 1 atom stereocenters. The highest BCUT2D eigenvalue weighted by molar-refractivity contribution is 5.68. The highest BCUT2D eigenvalue weighted by Gasteiger charge is 2.30. The molecule has 1 aliphatic rings. The maximum atomic E-state index is 11.6. The van der Waals surface area contributed by atoms with Crippen LogP contribution in [-0.2, 0) is 11.3 Å². The summed E-state index contributed by atoms with van der Waals surface area (Å²) in [6.07, 6.45) is 0.591. The van der Waals surface area contributed by atoms with Crippen molar-refractivity contribution in [2.24, 2.45) is 0 Å². The minimum absolute atomic E-state index is 0.173. The minimum Gasteiger partial charge on any atom is -0.445 e. The highest BCUT2D eigenvalue weighted by Crippen LogP contribution is 2.13. The van der Waals surface area contributed by atoms with Crippen LogP contribution >= 0.6 is 0 Å². The molecule has 0 aliphatic carbocycles. The predicted octanol–water partition coefficient (Wildman–Crippen LogP) is 1.66.